The van der Waals surface area contributed by atoms with Gasteiger partial charge in [0, 0.05) is 17.5 Å². The molecule has 0 aliphatic carbocycles. The number of rotatable bonds is 0. The van der Waals surface area contributed by atoms with Gasteiger partial charge in [0.15, 0.2) is 0 Å². The van der Waals surface area contributed by atoms with Crippen LogP contribution in [0.5, 0.6) is 5.75 Å². The molecule has 0 fully saturated rings. The van der Waals surface area contributed by atoms with E-state index in [-0.39, 0.29) is 16.7 Å². The molecule has 0 unspecified atom stereocenters. The molecule has 0 radical (unpaired) electrons. The quantitative estimate of drug-likeness (QED) is 0.707. The summed E-state index contributed by atoms with van der Waals surface area (Å²) in [6, 6.07) is 3.50. The Morgan fingerprint density at radius 2 is 1.88 bits per heavy atom. The van der Waals surface area contributed by atoms with E-state index < -0.39 is 17.4 Å². The number of fused-ring (bicyclic) bond motifs is 1. The van der Waals surface area contributed by atoms with E-state index in [4.69, 9.17) is 5.11 Å². The van der Waals surface area contributed by atoms with Crippen LogP contribution in [0.25, 0.3) is 11.0 Å². The van der Waals surface area contributed by atoms with Crippen molar-refractivity contribution in [2.45, 2.75) is 6.18 Å². The average molecular weight is 230 g/mol. The van der Waals surface area contributed by atoms with Crippen molar-refractivity contribution in [3.05, 3.63) is 40.2 Å². The van der Waals surface area contributed by atoms with Crippen molar-refractivity contribution in [3.8, 4) is 5.75 Å². The van der Waals surface area contributed by atoms with E-state index in [1.807, 2.05) is 0 Å². The fourth-order valence-corrected chi connectivity index (χ4v) is 1.39. The van der Waals surface area contributed by atoms with Crippen molar-refractivity contribution in [2.24, 2.45) is 0 Å². The Balaban J connectivity index is 2.89. The molecule has 84 valence electrons. The van der Waals surface area contributed by atoms with Crippen molar-refractivity contribution in [2.75, 3.05) is 0 Å². The highest BCUT2D eigenvalue weighted by Gasteiger charge is 2.33. The van der Waals surface area contributed by atoms with E-state index in [1.54, 1.807) is 0 Å². The minimum atomic E-state index is -4.63. The summed E-state index contributed by atoms with van der Waals surface area (Å²) >= 11 is 0. The maximum Gasteiger partial charge on any atom is 0.417 e. The molecule has 0 aliphatic rings. The highest BCUT2D eigenvalue weighted by molar-refractivity contribution is 5.81. The lowest BCUT2D eigenvalue weighted by Crippen LogP contribution is -2.10. The molecule has 2 rings (SSSR count). The Labute approximate surface area is 86.7 Å². The third kappa shape index (κ3) is 1.73. The van der Waals surface area contributed by atoms with Crippen molar-refractivity contribution >= 4 is 11.0 Å². The van der Waals surface area contributed by atoms with Gasteiger partial charge < -0.3 is 9.52 Å². The van der Waals surface area contributed by atoms with Gasteiger partial charge in [-0.15, -0.1) is 0 Å². The smallest absolute Gasteiger partial charge is 0.417 e. The highest BCUT2D eigenvalue weighted by atomic mass is 19.4. The number of hydrogen-bond donors (Lipinski definition) is 1. The monoisotopic (exact) mass is 230 g/mol. The Morgan fingerprint density at radius 3 is 2.50 bits per heavy atom. The third-order valence-corrected chi connectivity index (χ3v) is 2.03. The van der Waals surface area contributed by atoms with Gasteiger partial charge in [0.1, 0.15) is 11.3 Å². The van der Waals surface area contributed by atoms with Crippen molar-refractivity contribution in [1.29, 1.82) is 0 Å². The lowest BCUT2D eigenvalue weighted by Gasteiger charge is -2.08. The Hall–Kier alpha value is -1.98. The summed E-state index contributed by atoms with van der Waals surface area (Å²) < 4.78 is 42.2. The van der Waals surface area contributed by atoms with E-state index in [1.165, 1.54) is 0 Å². The lowest BCUT2D eigenvalue weighted by molar-refractivity contribution is -0.136. The fraction of sp³-hybridized carbons (Fsp3) is 0.100. The second kappa shape index (κ2) is 3.26. The van der Waals surface area contributed by atoms with Crippen molar-refractivity contribution in [3.63, 3.8) is 0 Å². The number of aromatic hydroxyl groups is 1. The minimum absolute atomic E-state index is 0.259. The molecule has 1 aromatic heterocycles. The normalized spacial score (nSPS) is 11.9. The molecule has 0 bridgehead atoms. The molecule has 1 aromatic carbocycles. The van der Waals surface area contributed by atoms with Crippen LogP contribution in [0.15, 0.2) is 33.5 Å². The van der Waals surface area contributed by atoms with Gasteiger partial charge in [-0.3, -0.25) is 0 Å². The molecule has 2 aromatic rings. The topological polar surface area (TPSA) is 50.4 Å². The summed E-state index contributed by atoms with van der Waals surface area (Å²) in [4.78, 5) is 10.9. The summed E-state index contributed by atoms with van der Waals surface area (Å²) in [5.74, 6) is -0.269. The summed E-state index contributed by atoms with van der Waals surface area (Å²) in [6.45, 7) is 0. The minimum Gasteiger partial charge on any atom is -0.508 e. The molecule has 16 heavy (non-hydrogen) atoms. The summed E-state index contributed by atoms with van der Waals surface area (Å²) in [5.41, 5.74) is -2.47. The van der Waals surface area contributed by atoms with Gasteiger partial charge in [-0.2, -0.15) is 13.2 Å². The zero-order valence-corrected chi connectivity index (χ0v) is 7.71. The van der Waals surface area contributed by atoms with E-state index >= 15 is 0 Å². The number of halogens is 3. The number of alkyl halides is 3. The van der Waals surface area contributed by atoms with Gasteiger partial charge in [-0.1, -0.05) is 0 Å². The van der Waals surface area contributed by atoms with Gasteiger partial charge in [0.05, 0.1) is 5.56 Å². The van der Waals surface area contributed by atoms with Gasteiger partial charge >= 0.3 is 11.8 Å². The van der Waals surface area contributed by atoms with Crippen LogP contribution in [0.1, 0.15) is 5.56 Å². The third-order valence-electron chi connectivity index (χ3n) is 2.03. The Kier molecular flexibility index (Phi) is 2.15. The van der Waals surface area contributed by atoms with Crippen LogP contribution in [0.2, 0.25) is 0 Å². The molecule has 0 saturated carbocycles. The van der Waals surface area contributed by atoms with Gasteiger partial charge in [-0.25, -0.2) is 4.79 Å². The first-order chi connectivity index (χ1) is 7.38. The lowest BCUT2D eigenvalue weighted by atomic mass is 10.1. The van der Waals surface area contributed by atoms with Crippen molar-refractivity contribution < 1.29 is 22.7 Å². The molecular weight excluding hydrogens is 225 g/mol. The van der Waals surface area contributed by atoms with Crippen LogP contribution in [0, 0.1) is 0 Å². The standard InChI is InChI=1S/C10H5F3O3/c11-10(12,13)7-4-9(15)16-8-3-5(14)1-2-6(7)8/h1-4,14H. The summed E-state index contributed by atoms with van der Waals surface area (Å²) in [6.07, 6.45) is -4.63. The molecule has 0 aliphatic heterocycles. The first-order valence-corrected chi connectivity index (χ1v) is 4.22. The molecule has 3 nitrogen and oxygen atoms in total. The zero-order valence-electron chi connectivity index (χ0n) is 7.71. The number of hydrogen-bond acceptors (Lipinski definition) is 3. The molecule has 0 spiro atoms. The number of benzene rings is 1. The van der Waals surface area contributed by atoms with Crippen LogP contribution in [-0.4, -0.2) is 5.11 Å². The largest absolute Gasteiger partial charge is 0.508 e. The van der Waals surface area contributed by atoms with E-state index in [0.717, 1.165) is 18.2 Å². The van der Waals surface area contributed by atoms with Crippen molar-refractivity contribution in [1.82, 2.24) is 0 Å². The molecule has 0 amide bonds. The summed E-state index contributed by atoms with van der Waals surface area (Å²) in [7, 11) is 0. The summed E-state index contributed by atoms with van der Waals surface area (Å²) in [5, 5.41) is 8.81. The van der Waals surface area contributed by atoms with Crippen LogP contribution in [0.3, 0.4) is 0 Å². The van der Waals surface area contributed by atoms with Gasteiger partial charge in [0.25, 0.3) is 0 Å². The van der Waals surface area contributed by atoms with Crippen LogP contribution < -0.4 is 5.63 Å². The molecule has 1 N–H and O–H groups in total. The Bertz CT molecular complexity index is 598. The van der Waals surface area contributed by atoms with E-state index in [9.17, 15) is 18.0 Å². The van der Waals surface area contributed by atoms with Crippen LogP contribution in [0.4, 0.5) is 13.2 Å². The highest BCUT2D eigenvalue weighted by Crippen LogP contribution is 2.34. The van der Waals surface area contributed by atoms with Crippen LogP contribution >= 0.6 is 0 Å². The maximum atomic E-state index is 12.6. The predicted octanol–water partition coefficient (Wildman–Crippen LogP) is 2.52. The molecular formula is C10H5F3O3. The molecule has 0 atom stereocenters. The fourth-order valence-electron chi connectivity index (χ4n) is 1.39. The first kappa shape index (κ1) is 10.5. The predicted molar refractivity (Wildman–Crippen MR) is 49.2 cm³/mol. The van der Waals surface area contributed by atoms with Gasteiger partial charge in [0.2, 0.25) is 0 Å². The molecule has 0 saturated heterocycles. The number of phenolic OH excluding ortho intramolecular Hbond substituents is 1. The first-order valence-electron chi connectivity index (χ1n) is 4.22. The van der Waals surface area contributed by atoms with Crippen LogP contribution in [-0.2, 0) is 6.18 Å². The second-order valence-electron chi connectivity index (χ2n) is 3.16. The molecule has 6 heteroatoms. The second-order valence-corrected chi connectivity index (χ2v) is 3.16. The van der Waals surface area contributed by atoms with E-state index in [2.05, 4.69) is 4.42 Å². The zero-order chi connectivity index (χ0) is 11.9. The SMILES string of the molecule is O=c1cc(C(F)(F)F)c2ccc(O)cc2o1. The molecule has 1 heterocycles. The van der Waals surface area contributed by atoms with Gasteiger partial charge in [-0.05, 0) is 12.1 Å². The number of phenols is 1. The average Bonchev–Trinajstić information content (AvgIpc) is 2.14. The Morgan fingerprint density at radius 1 is 1.19 bits per heavy atom. The van der Waals surface area contributed by atoms with E-state index in [0.29, 0.717) is 6.07 Å². The maximum absolute atomic E-state index is 12.6.